The highest BCUT2D eigenvalue weighted by Gasteiger charge is 2.29. The van der Waals surface area contributed by atoms with Gasteiger partial charge in [0.1, 0.15) is 11.5 Å². The van der Waals surface area contributed by atoms with Crippen LogP contribution in [0.15, 0.2) is 48.7 Å². The Hall–Kier alpha value is -3.61. The van der Waals surface area contributed by atoms with Crippen molar-refractivity contribution >= 4 is 23.7 Å². The normalized spacial score (nSPS) is 14.6. The first kappa shape index (κ1) is 21.1. The quantitative estimate of drug-likeness (QED) is 0.515. The van der Waals surface area contributed by atoms with Crippen molar-refractivity contribution < 1.29 is 28.6 Å². The molecule has 2 aromatic carbocycles. The number of Topliss-reactive ketones (excluding diaryl/α,β-unsaturated/α-hetero) is 1. The van der Waals surface area contributed by atoms with E-state index in [1.165, 1.54) is 26.0 Å². The molecule has 30 heavy (non-hydrogen) atoms. The minimum Gasteiger partial charge on any atom is -0.497 e. The molecule has 0 fully saturated rings. The van der Waals surface area contributed by atoms with E-state index in [1.807, 2.05) is 30.3 Å². The molecular weight excluding hydrogens is 386 g/mol. The molecule has 1 atom stereocenters. The number of ether oxygens (including phenoxy) is 3. The van der Waals surface area contributed by atoms with Gasteiger partial charge in [0.25, 0.3) is 0 Å². The van der Waals surface area contributed by atoms with E-state index in [0.29, 0.717) is 17.1 Å². The van der Waals surface area contributed by atoms with Crippen molar-refractivity contribution in [3.05, 3.63) is 65.4 Å². The molecule has 1 aliphatic heterocycles. The van der Waals surface area contributed by atoms with Gasteiger partial charge in [0.15, 0.2) is 6.61 Å². The molecule has 7 heteroatoms. The number of benzene rings is 2. The molecule has 0 spiro atoms. The molecule has 0 unspecified atom stereocenters. The highest BCUT2D eigenvalue weighted by atomic mass is 16.5. The molecule has 0 saturated carbocycles. The van der Waals surface area contributed by atoms with E-state index in [0.717, 1.165) is 11.1 Å². The van der Waals surface area contributed by atoms with Crippen LogP contribution in [0.2, 0.25) is 0 Å². The number of hydrogen-bond acceptors (Lipinski definition) is 6. The fourth-order valence-corrected chi connectivity index (χ4v) is 3.38. The Morgan fingerprint density at radius 2 is 1.80 bits per heavy atom. The van der Waals surface area contributed by atoms with Gasteiger partial charge in [-0.25, -0.2) is 0 Å². The molecule has 7 nitrogen and oxygen atoms in total. The standard InChI is InChI=1S/C23H23NO6/c1-15(25)24-11-10-16-6-4-5-7-18(16)20(24)13-23(27)30-14-21(26)19-9-8-17(28-2)12-22(19)29-3/h4-12,20H,13-14H2,1-3H3/t20-/m0/s1. The van der Waals surface area contributed by atoms with Gasteiger partial charge in [-0.2, -0.15) is 0 Å². The second-order valence-corrected chi connectivity index (χ2v) is 6.74. The van der Waals surface area contributed by atoms with E-state index in [9.17, 15) is 14.4 Å². The summed E-state index contributed by atoms with van der Waals surface area (Å²) in [6.45, 7) is 1.02. The Balaban J connectivity index is 1.69. The minimum atomic E-state index is -0.572. The van der Waals surface area contributed by atoms with Crippen LogP contribution in [-0.2, 0) is 14.3 Å². The van der Waals surface area contributed by atoms with Crippen molar-refractivity contribution in [2.45, 2.75) is 19.4 Å². The summed E-state index contributed by atoms with van der Waals surface area (Å²) in [7, 11) is 2.96. The van der Waals surface area contributed by atoms with E-state index in [1.54, 1.807) is 24.4 Å². The number of hydrogen-bond donors (Lipinski definition) is 0. The van der Waals surface area contributed by atoms with Crippen LogP contribution in [0.3, 0.4) is 0 Å². The van der Waals surface area contributed by atoms with E-state index >= 15 is 0 Å². The molecule has 156 valence electrons. The monoisotopic (exact) mass is 409 g/mol. The first-order valence-electron chi connectivity index (χ1n) is 9.41. The molecule has 2 aromatic rings. The lowest BCUT2D eigenvalue weighted by Crippen LogP contribution is -2.32. The third-order valence-electron chi connectivity index (χ3n) is 4.90. The number of carbonyl (C=O) groups is 3. The first-order valence-corrected chi connectivity index (χ1v) is 9.41. The van der Waals surface area contributed by atoms with Crippen LogP contribution in [0.25, 0.3) is 6.08 Å². The Kier molecular flexibility index (Phi) is 6.51. The van der Waals surface area contributed by atoms with Gasteiger partial charge in [-0.05, 0) is 29.3 Å². The van der Waals surface area contributed by atoms with Crippen molar-refractivity contribution in [1.29, 1.82) is 0 Å². The molecule has 3 rings (SSSR count). The third-order valence-corrected chi connectivity index (χ3v) is 4.90. The molecular formula is C23H23NO6. The first-order chi connectivity index (χ1) is 14.4. The number of amides is 1. The number of methoxy groups -OCH3 is 2. The largest absolute Gasteiger partial charge is 0.497 e. The molecule has 0 radical (unpaired) electrons. The smallest absolute Gasteiger partial charge is 0.308 e. The predicted octanol–water partition coefficient (Wildman–Crippen LogP) is 3.39. The Morgan fingerprint density at radius 1 is 1.03 bits per heavy atom. The zero-order chi connectivity index (χ0) is 21.7. The molecule has 0 saturated heterocycles. The highest BCUT2D eigenvalue weighted by molar-refractivity contribution is 6.00. The maximum Gasteiger partial charge on any atom is 0.308 e. The summed E-state index contributed by atoms with van der Waals surface area (Å²) in [4.78, 5) is 38.5. The van der Waals surface area contributed by atoms with Crippen molar-refractivity contribution in [3.8, 4) is 11.5 Å². The number of esters is 1. The summed E-state index contributed by atoms with van der Waals surface area (Å²) in [5.74, 6) is -0.261. The lowest BCUT2D eigenvalue weighted by molar-refractivity contribution is -0.144. The Bertz CT molecular complexity index is 997. The van der Waals surface area contributed by atoms with E-state index in [4.69, 9.17) is 14.2 Å². The summed E-state index contributed by atoms with van der Waals surface area (Å²) in [6.07, 6.45) is 3.43. The van der Waals surface area contributed by atoms with Gasteiger partial charge in [0.2, 0.25) is 11.7 Å². The van der Waals surface area contributed by atoms with Crippen LogP contribution < -0.4 is 9.47 Å². The summed E-state index contributed by atoms with van der Waals surface area (Å²) < 4.78 is 15.6. The van der Waals surface area contributed by atoms with Crippen LogP contribution in [0, 0.1) is 0 Å². The fourth-order valence-electron chi connectivity index (χ4n) is 3.38. The average Bonchev–Trinajstić information content (AvgIpc) is 2.76. The lowest BCUT2D eigenvalue weighted by atomic mass is 9.94. The van der Waals surface area contributed by atoms with Crippen LogP contribution in [-0.4, -0.2) is 43.4 Å². The summed E-state index contributed by atoms with van der Waals surface area (Å²) >= 11 is 0. The second kappa shape index (κ2) is 9.26. The van der Waals surface area contributed by atoms with Crippen molar-refractivity contribution in [3.63, 3.8) is 0 Å². The lowest BCUT2D eigenvalue weighted by Gasteiger charge is -2.32. The fraction of sp³-hybridized carbons (Fsp3) is 0.261. The molecule has 1 aliphatic rings. The molecule has 0 aromatic heterocycles. The van der Waals surface area contributed by atoms with Gasteiger partial charge in [-0.3, -0.25) is 14.4 Å². The predicted molar refractivity (Wildman–Crippen MR) is 110 cm³/mol. The van der Waals surface area contributed by atoms with E-state index in [-0.39, 0.29) is 12.3 Å². The van der Waals surface area contributed by atoms with Crippen LogP contribution in [0.5, 0.6) is 11.5 Å². The van der Waals surface area contributed by atoms with E-state index in [2.05, 4.69) is 0 Å². The van der Waals surface area contributed by atoms with Gasteiger partial charge in [-0.15, -0.1) is 0 Å². The zero-order valence-electron chi connectivity index (χ0n) is 17.1. The highest BCUT2D eigenvalue weighted by Crippen LogP contribution is 2.33. The number of carbonyl (C=O) groups excluding carboxylic acids is 3. The zero-order valence-corrected chi connectivity index (χ0v) is 17.1. The molecule has 0 N–H and O–H groups in total. The van der Waals surface area contributed by atoms with Gasteiger partial charge in [0.05, 0.1) is 32.2 Å². The van der Waals surface area contributed by atoms with Crippen LogP contribution >= 0.6 is 0 Å². The Labute approximate surface area is 174 Å². The van der Waals surface area contributed by atoms with Crippen LogP contribution in [0.1, 0.15) is 40.9 Å². The number of nitrogens with zero attached hydrogens (tertiary/aromatic N) is 1. The summed E-state index contributed by atoms with van der Waals surface area (Å²) in [6, 6.07) is 11.8. The maximum absolute atomic E-state index is 12.5. The third kappa shape index (κ3) is 4.51. The maximum atomic E-state index is 12.5. The average molecular weight is 409 g/mol. The van der Waals surface area contributed by atoms with Crippen molar-refractivity contribution in [2.75, 3.05) is 20.8 Å². The molecule has 1 heterocycles. The summed E-state index contributed by atoms with van der Waals surface area (Å²) in [5, 5.41) is 0. The number of ketones is 1. The SMILES string of the molecule is COc1ccc(C(=O)COC(=O)C[C@H]2c3ccccc3C=CN2C(C)=O)c(OC)c1. The Morgan fingerprint density at radius 3 is 2.50 bits per heavy atom. The second-order valence-electron chi connectivity index (χ2n) is 6.74. The summed E-state index contributed by atoms with van der Waals surface area (Å²) in [5.41, 5.74) is 2.09. The number of rotatable bonds is 7. The van der Waals surface area contributed by atoms with Gasteiger partial charge >= 0.3 is 5.97 Å². The molecule has 1 amide bonds. The van der Waals surface area contributed by atoms with Crippen LogP contribution in [0.4, 0.5) is 0 Å². The topological polar surface area (TPSA) is 82.1 Å². The van der Waals surface area contributed by atoms with Crippen molar-refractivity contribution in [2.24, 2.45) is 0 Å². The minimum absolute atomic E-state index is 0.0615. The number of fused-ring (bicyclic) bond motifs is 1. The van der Waals surface area contributed by atoms with Crippen molar-refractivity contribution in [1.82, 2.24) is 4.90 Å². The van der Waals surface area contributed by atoms with E-state index < -0.39 is 24.4 Å². The van der Waals surface area contributed by atoms with Gasteiger partial charge in [-0.1, -0.05) is 24.3 Å². The van der Waals surface area contributed by atoms with Gasteiger partial charge in [0, 0.05) is 19.2 Å². The molecule has 0 bridgehead atoms. The van der Waals surface area contributed by atoms with Gasteiger partial charge < -0.3 is 19.1 Å². The molecule has 0 aliphatic carbocycles.